The number of carbonyl (C=O) groups excluding carboxylic acids is 1. The molecule has 1 atom stereocenters. The fourth-order valence-electron chi connectivity index (χ4n) is 1.69. The first kappa shape index (κ1) is 12.0. The summed E-state index contributed by atoms with van der Waals surface area (Å²) in [5, 5.41) is 16.2. The van der Waals surface area contributed by atoms with E-state index in [1.165, 1.54) is 12.3 Å². The topological polar surface area (TPSA) is 95.9 Å². The summed E-state index contributed by atoms with van der Waals surface area (Å²) in [6, 6.07) is 6.51. The van der Waals surface area contributed by atoms with Gasteiger partial charge in [0.25, 0.3) is 0 Å². The largest absolute Gasteiger partial charge is 0.481 e. The first-order chi connectivity index (χ1) is 8.68. The predicted molar refractivity (Wildman–Crippen MR) is 62.1 cm³/mol. The van der Waals surface area contributed by atoms with Crippen molar-refractivity contribution in [3.63, 3.8) is 0 Å². The Labute approximate surface area is 103 Å². The number of nitrogens with zero attached hydrogens (tertiary/aromatic N) is 2. The number of aromatic amines is 1. The van der Waals surface area contributed by atoms with Gasteiger partial charge in [-0.05, 0) is 24.3 Å². The number of ketones is 1. The van der Waals surface area contributed by atoms with E-state index < -0.39 is 11.9 Å². The van der Waals surface area contributed by atoms with Crippen molar-refractivity contribution in [1.29, 1.82) is 0 Å². The van der Waals surface area contributed by atoms with Crippen LogP contribution in [0.5, 0.6) is 0 Å². The van der Waals surface area contributed by atoms with Crippen molar-refractivity contribution in [3.05, 3.63) is 48.0 Å². The van der Waals surface area contributed by atoms with E-state index in [1.807, 2.05) is 0 Å². The number of carboxylic acid groups (broad SMARTS) is 1. The smallest absolute Gasteiger partial charge is 0.304 e. The number of H-pyrrole nitrogens is 1. The summed E-state index contributed by atoms with van der Waals surface area (Å²) in [6.07, 6.45) is 2.82. The normalized spacial score (nSPS) is 12.0. The molecular weight excluding hydrogens is 234 g/mol. The molecule has 0 bridgehead atoms. The maximum atomic E-state index is 12.2. The molecule has 2 heterocycles. The zero-order chi connectivity index (χ0) is 13.0. The number of hydrogen-bond acceptors (Lipinski definition) is 4. The number of Topliss-reactive ketones (excluding diaryl/α,β-unsaturated/α-hetero) is 1. The third-order valence-corrected chi connectivity index (χ3v) is 2.52. The van der Waals surface area contributed by atoms with Crippen molar-refractivity contribution in [1.82, 2.24) is 15.2 Å². The molecule has 2 N–H and O–H groups in total. The van der Waals surface area contributed by atoms with Crippen molar-refractivity contribution in [2.45, 2.75) is 12.3 Å². The number of carboxylic acids is 1. The lowest BCUT2D eigenvalue weighted by Gasteiger charge is -2.11. The number of carbonyl (C=O) groups is 2. The summed E-state index contributed by atoms with van der Waals surface area (Å²) in [6.45, 7) is 0. The molecule has 2 aromatic rings. The zero-order valence-electron chi connectivity index (χ0n) is 9.41. The van der Waals surface area contributed by atoms with E-state index in [0.29, 0.717) is 5.69 Å². The van der Waals surface area contributed by atoms with Gasteiger partial charge in [-0.1, -0.05) is 0 Å². The van der Waals surface area contributed by atoms with Gasteiger partial charge in [-0.2, -0.15) is 5.10 Å². The highest BCUT2D eigenvalue weighted by atomic mass is 16.4. The Balaban J connectivity index is 2.30. The molecule has 6 heteroatoms. The van der Waals surface area contributed by atoms with Crippen LogP contribution in [0.4, 0.5) is 0 Å². The maximum Gasteiger partial charge on any atom is 0.304 e. The molecule has 0 fully saturated rings. The Morgan fingerprint density at radius 3 is 2.72 bits per heavy atom. The van der Waals surface area contributed by atoms with Crippen molar-refractivity contribution < 1.29 is 14.7 Å². The van der Waals surface area contributed by atoms with Gasteiger partial charge in [-0.25, -0.2) is 0 Å². The molecule has 0 amide bonds. The standard InChI is InChI=1S/C12H11N3O3/c16-11(17)7-8(9-3-1-5-13-9)12(18)10-4-2-6-14-15-10/h1-6,8,13H,7H2,(H,16,17). The number of rotatable bonds is 5. The van der Waals surface area contributed by atoms with Crippen molar-refractivity contribution in [2.75, 3.05) is 0 Å². The highest BCUT2D eigenvalue weighted by Gasteiger charge is 2.26. The summed E-state index contributed by atoms with van der Waals surface area (Å²) in [7, 11) is 0. The second-order valence-corrected chi connectivity index (χ2v) is 3.75. The van der Waals surface area contributed by atoms with Gasteiger partial charge >= 0.3 is 5.97 Å². The van der Waals surface area contributed by atoms with Crippen LogP contribution >= 0.6 is 0 Å². The van der Waals surface area contributed by atoms with E-state index >= 15 is 0 Å². The first-order valence-electron chi connectivity index (χ1n) is 5.35. The molecule has 0 saturated carbocycles. The molecule has 0 radical (unpaired) electrons. The Kier molecular flexibility index (Phi) is 3.47. The SMILES string of the molecule is O=C(O)CC(C(=O)c1cccnn1)c1ccc[nH]1. The van der Waals surface area contributed by atoms with Crippen LogP contribution in [0.2, 0.25) is 0 Å². The minimum atomic E-state index is -1.04. The van der Waals surface area contributed by atoms with Gasteiger partial charge in [0.1, 0.15) is 5.69 Å². The molecule has 92 valence electrons. The molecule has 1 unspecified atom stereocenters. The minimum Gasteiger partial charge on any atom is -0.481 e. The van der Waals surface area contributed by atoms with Crippen molar-refractivity contribution in [2.24, 2.45) is 0 Å². The van der Waals surface area contributed by atoms with Crippen molar-refractivity contribution in [3.8, 4) is 0 Å². The van der Waals surface area contributed by atoms with Crippen LogP contribution in [0, 0.1) is 0 Å². The van der Waals surface area contributed by atoms with E-state index in [4.69, 9.17) is 5.11 Å². The van der Waals surface area contributed by atoms with Gasteiger partial charge in [-0.15, -0.1) is 5.10 Å². The predicted octanol–water partition coefficient (Wildman–Crippen LogP) is 1.25. The summed E-state index contributed by atoms with van der Waals surface area (Å²) in [5.74, 6) is -2.16. The average Bonchev–Trinajstić information content (AvgIpc) is 2.89. The molecule has 0 saturated heterocycles. The van der Waals surface area contributed by atoms with Crippen LogP contribution in [0.15, 0.2) is 36.7 Å². The maximum absolute atomic E-state index is 12.2. The Morgan fingerprint density at radius 2 is 2.17 bits per heavy atom. The van der Waals surface area contributed by atoms with Gasteiger partial charge in [0.05, 0.1) is 12.3 Å². The lowest BCUT2D eigenvalue weighted by molar-refractivity contribution is -0.137. The monoisotopic (exact) mass is 245 g/mol. The molecule has 0 aromatic carbocycles. The Bertz CT molecular complexity index is 537. The second kappa shape index (κ2) is 5.22. The van der Waals surface area contributed by atoms with E-state index in [2.05, 4.69) is 15.2 Å². The number of aromatic nitrogens is 3. The van der Waals surface area contributed by atoms with Gasteiger partial charge in [-0.3, -0.25) is 9.59 Å². The summed E-state index contributed by atoms with van der Waals surface area (Å²) < 4.78 is 0. The Morgan fingerprint density at radius 1 is 1.33 bits per heavy atom. The van der Waals surface area contributed by atoms with E-state index in [0.717, 1.165) is 0 Å². The highest BCUT2D eigenvalue weighted by Crippen LogP contribution is 2.22. The fourth-order valence-corrected chi connectivity index (χ4v) is 1.69. The van der Waals surface area contributed by atoms with Crippen LogP contribution in [-0.4, -0.2) is 32.0 Å². The third kappa shape index (κ3) is 2.60. The van der Waals surface area contributed by atoms with Crippen LogP contribution in [0.1, 0.15) is 28.5 Å². The molecule has 6 nitrogen and oxygen atoms in total. The van der Waals surface area contributed by atoms with E-state index in [-0.39, 0.29) is 17.9 Å². The lowest BCUT2D eigenvalue weighted by Crippen LogP contribution is -2.18. The first-order valence-corrected chi connectivity index (χ1v) is 5.35. The second-order valence-electron chi connectivity index (χ2n) is 3.75. The van der Waals surface area contributed by atoms with Crippen LogP contribution < -0.4 is 0 Å². The van der Waals surface area contributed by atoms with Crippen LogP contribution in [0.25, 0.3) is 0 Å². The molecular formula is C12H11N3O3. The lowest BCUT2D eigenvalue weighted by atomic mass is 9.94. The van der Waals surface area contributed by atoms with E-state index in [9.17, 15) is 9.59 Å². The molecule has 18 heavy (non-hydrogen) atoms. The van der Waals surface area contributed by atoms with E-state index in [1.54, 1.807) is 24.4 Å². The number of aliphatic carboxylic acids is 1. The third-order valence-electron chi connectivity index (χ3n) is 2.52. The van der Waals surface area contributed by atoms with Crippen molar-refractivity contribution >= 4 is 11.8 Å². The molecule has 2 aromatic heterocycles. The average molecular weight is 245 g/mol. The minimum absolute atomic E-state index is 0.165. The number of hydrogen-bond donors (Lipinski definition) is 2. The summed E-state index contributed by atoms with van der Waals surface area (Å²) in [5.41, 5.74) is 0.728. The quantitative estimate of drug-likeness (QED) is 0.773. The molecule has 2 rings (SSSR count). The van der Waals surface area contributed by atoms with Gasteiger partial charge in [0, 0.05) is 18.1 Å². The fraction of sp³-hybridized carbons (Fsp3) is 0.167. The highest BCUT2D eigenvalue weighted by molar-refractivity contribution is 6.00. The van der Waals surface area contributed by atoms with Crippen LogP contribution in [-0.2, 0) is 4.79 Å². The molecule has 0 aliphatic heterocycles. The van der Waals surface area contributed by atoms with Gasteiger partial charge in [0.15, 0.2) is 5.78 Å². The summed E-state index contributed by atoms with van der Waals surface area (Å²) >= 11 is 0. The van der Waals surface area contributed by atoms with Crippen LogP contribution in [0.3, 0.4) is 0 Å². The van der Waals surface area contributed by atoms with Gasteiger partial charge < -0.3 is 10.1 Å². The summed E-state index contributed by atoms with van der Waals surface area (Å²) in [4.78, 5) is 25.9. The number of nitrogens with one attached hydrogen (secondary N) is 1. The molecule has 0 spiro atoms. The van der Waals surface area contributed by atoms with Gasteiger partial charge in [0.2, 0.25) is 0 Å². The zero-order valence-corrected chi connectivity index (χ0v) is 9.41. The molecule has 0 aliphatic rings. The Hall–Kier alpha value is -2.50. The molecule has 0 aliphatic carbocycles.